The van der Waals surface area contributed by atoms with Gasteiger partial charge in [-0.3, -0.25) is 4.79 Å². The van der Waals surface area contributed by atoms with Crippen molar-refractivity contribution in [2.45, 2.75) is 37.9 Å². The molecule has 0 N–H and O–H groups in total. The predicted octanol–water partition coefficient (Wildman–Crippen LogP) is 2.01. The molecular formula is C15H19NO2. The van der Waals surface area contributed by atoms with Crippen LogP contribution in [0.2, 0.25) is 0 Å². The van der Waals surface area contributed by atoms with Crippen LogP contribution >= 0.6 is 0 Å². The summed E-state index contributed by atoms with van der Waals surface area (Å²) in [5.74, 6) is 0.277. The number of hydrogen-bond acceptors (Lipinski definition) is 2. The molecule has 2 heterocycles. The highest BCUT2D eigenvalue weighted by Gasteiger charge is 2.35. The Hall–Kier alpha value is -1.35. The molecule has 2 unspecified atom stereocenters. The van der Waals surface area contributed by atoms with Crippen LogP contribution in [0.4, 0.5) is 0 Å². The second kappa shape index (κ2) is 5.11. The van der Waals surface area contributed by atoms with Gasteiger partial charge in [0.1, 0.15) is 0 Å². The fourth-order valence-electron chi connectivity index (χ4n) is 2.87. The molecule has 2 saturated heterocycles. The number of aryl methyl sites for hydroxylation is 1. The molecular weight excluding hydrogens is 226 g/mol. The quantitative estimate of drug-likeness (QED) is 0.815. The van der Waals surface area contributed by atoms with E-state index >= 15 is 0 Å². The van der Waals surface area contributed by atoms with Crippen LogP contribution < -0.4 is 0 Å². The van der Waals surface area contributed by atoms with Crippen LogP contribution in [-0.4, -0.2) is 36.1 Å². The van der Waals surface area contributed by atoms with Gasteiger partial charge in [-0.15, -0.1) is 0 Å². The van der Waals surface area contributed by atoms with Crippen LogP contribution in [0.5, 0.6) is 0 Å². The molecule has 0 radical (unpaired) electrons. The minimum absolute atomic E-state index is 0.277. The molecule has 0 aliphatic carbocycles. The van der Waals surface area contributed by atoms with Crippen LogP contribution in [0.15, 0.2) is 30.3 Å². The van der Waals surface area contributed by atoms with Crippen LogP contribution in [0, 0.1) is 0 Å². The molecule has 18 heavy (non-hydrogen) atoms. The number of likely N-dealkylation sites (tertiary alicyclic amines) is 1. The van der Waals surface area contributed by atoms with Crippen molar-refractivity contribution in [3.05, 3.63) is 35.9 Å². The Bertz CT molecular complexity index is 406. The number of ether oxygens (including phenoxy) is 1. The van der Waals surface area contributed by atoms with Crippen LogP contribution in [0.25, 0.3) is 0 Å². The molecule has 1 amide bonds. The molecule has 3 heteroatoms. The maximum absolute atomic E-state index is 12.2. The van der Waals surface area contributed by atoms with Crippen molar-refractivity contribution in [3.8, 4) is 0 Å². The largest absolute Gasteiger partial charge is 0.371 e. The summed E-state index contributed by atoms with van der Waals surface area (Å²) in [6.07, 6.45) is 4.28. The summed E-state index contributed by atoms with van der Waals surface area (Å²) >= 11 is 0. The number of benzene rings is 1. The summed E-state index contributed by atoms with van der Waals surface area (Å²) in [5.41, 5.74) is 1.24. The first kappa shape index (κ1) is 11.7. The smallest absolute Gasteiger partial charge is 0.223 e. The molecule has 2 aliphatic rings. The van der Waals surface area contributed by atoms with Gasteiger partial charge in [0, 0.05) is 19.5 Å². The lowest BCUT2D eigenvalue weighted by molar-refractivity contribution is -0.139. The van der Waals surface area contributed by atoms with Gasteiger partial charge in [0.25, 0.3) is 0 Å². The SMILES string of the molecule is O=C(CCc1ccccc1)N1CC2CCC(C1)O2. The van der Waals surface area contributed by atoms with E-state index in [4.69, 9.17) is 4.74 Å². The Morgan fingerprint density at radius 1 is 1.17 bits per heavy atom. The number of amides is 1. The van der Waals surface area contributed by atoms with E-state index in [2.05, 4.69) is 12.1 Å². The Morgan fingerprint density at radius 3 is 2.50 bits per heavy atom. The van der Waals surface area contributed by atoms with E-state index in [0.29, 0.717) is 18.6 Å². The molecule has 0 spiro atoms. The molecule has 3 nitrogen and oxygen atoms in total. The summed E-state index contributed by atoms with van der Waals surface area (Å²) < 4.78 is 5.75. The number of morpholine rings is 1. The molecule has 0 aromatic heterocycles. The van der Waals surface area contributed by atoms with E-state index in [-0.39, 0.29) is 5.91 Å². The molecule has 3 rings (SSSR count). The van der Waals surface area contributed by atoms with Crippen molar-refractivity contribution in [1.29, 1.82) is 0 Å². The van der Waals surface area contributed by atoms with Crippen LogP contribution in [-0.2, 0) is 16.0 Å². The number of carbonyl (C=O) groups is 1. The normalized spacial score (nSPS) is 26.3. The van der Waals surface area contributed by atoms with Crippen molar-refractivity contribution in [2.24, 2.45) is 0 Å². The molecule has 96 valence electrons. The summed E-state index contributed by atoms with van der Waals surface area (Å²) in [4.78, 5) is 14.2. The van der Waals surface area contributed by atoms with E-state index in [9.17, 15) is 4.79 Å². The third-order valence-corrected chi connectivity index (χ3v) is 3.87. The van der Waals surface area contributed by atoms with Crippen molar-refractivity contribution in [1.82, 2.24) is 4.90 Å². The second-order valence-electron chi connectivity index (χ2n) is 5.24. The maximum atomic E-state index is 12.2. The number of rotatable bonds is 3. The fourth-order valence-corrected chi connectivity index (χ4v) is 2.87. The highest BCUT2D eigenvalue weighted by molar-refractivity contribution is 5.76. The Kier molecular flexibility index (Phi) is 3.33. The summed E-state index contributed by atoms with van der Waals surface area (Å²) in [5, 5.41) is 0. The number of nitrogens with zero attached hydrogens (tertiary/aromatic N) is 1. The van der Waals surface area contributed by atoms with E-state index in [1.807, 2.05) is 23.1 Å². The van der Waals surface area contributed by atoms with Gasteiger partial charge >= 0.3 is 0 Å². The number of fused-ring (bicyclic) bond motifs is 2. The molecule has 2 atom stereocenters. The van der Waals surface area contributed by atoms with E-state index in [0.717, 1.165) is 32.4 Å². The minimum atomic E-state index is 0.277. The van der Waals surface area contributed by atoms with Gasteiger partial charge in [-0.2, -0.15) is 0 Å². The molecule has 0 saturated carbocycles. The van der Waals surface area contributed by atoms with E-state index in [1.165, 1.54) is 5.56 Å². The van der Waals surface area contributed by atoms with Gasteiger partial charge in [-0.05, 0) is 24.8 Å². The third kappa shape index (κ3) is 2.56. The fraction of sp³-hybridized carbons (Fsp3) is 0.533. The summed E-state index contributed by atoms with van der Waals surface area (Å²) in [6, 6.07) is 10.2. The Morgan fingerprint density at radius 2 is 1.83 bits per heavy atom. The first-order valence-corrected chi connectivity index (χ1v) is 6.78. The topological polar surface area (TPSA) is 29.5 Å². The zero-order valence-corrected chi connectivity index (χ0v) is 10.5. The number of carbonyl (C=O) groups excluding carboxylic acids is 1. The molecule has 1 aromatic carbocycles. The van der Waals surface area contributed by atoms with E-state index < -0.39 is 0 Å². The van der Waals surface area contributed by atoms with Crippen molar-refractivity contribution >= 4 is 5.91 Å². The van der Waals surface area contributed by atoms with Crippen molar-refractivity contribution in [3.63, 3.8) is 0 Å². The van der Waals surface area contributed by atoms with Gasteiger partial charge in [0.2, 0.25) is 5.91 Å². The standard InChI is InChI=1S/C15H19NO2/c17-15(9-6-12-4-2-1-3-5-12)16-10-13-7-8-14(11-16)18-13/h1-5,13-14H,6-11H2. The van der Waals surface area contributed by atoms with Crippen molar-refractivity contribution in [2.75, 3.05) is 13.1 Å². The first-order valence-electron chi connectivity index (χ1n) is 6.78. The van der Waals surface area contributed by atoms with Crippen LogP contribution in [0.3, 0.4) is 0 Å². The van der Waals surface area contributed by atoms with Gasteiger partial charge in [0.05, 0.1) is 12.2 Å². The lowest BCUT2D eigenvalue weighted by Gasteiger charge is -2.32. The average Bonchev–Trinajstić information content (AvgIpc) is 2.76. The zero-order chi connectivity index (χ0) is 12.4. The molecule has 2 bridgehead atoms. The first-order chi connectivity index (χ1) is 8.81. The van der Waals surface area contributed by atoms with Gasteiger partial charge in [-0.25, -0.2) is 0 Å². The second-order valence-corrected chi connectivity index (χ2v) is 5.24. The Balaban J connectivity index is 1.53. The van der Waals surface area contributed by atoms with E-state index in [1.54, 1.807) is 0 Å². The minimum Gasteiger partial charge on any atom is -0.371 e. The third-order valence-electron chi connectivity index (χ3n) is 3.87. The zero-order valence-electron chi connectivity index (χ0n) is 10.5. The monoisotopic (exact) mass is 245 g/mol. The Labute approximate surface area is 108 Å². The molecule has 1 aromatic rings. The number of hydrogen-bond donors (Lipinski definition) is 0. The lowest BCUT2D eigenvalue weighted by atomic mass is 10.1. The van der Waals surface area contributed by atoms with Gasteiger partial charge < -0.3 is 9.64 Å². The van der Waals surface area contributed by atoms with Crippen LogP contribution in [0.1, 0.15) is 24.8 Å². The highest BCUT2D eigenvalue weighted by Crippen LogP contribution is 2.26. The molecule has 2 aliphatic heterocycles. The van der Waals surface area contributed by atoms with Crippen molar-refractivity contribution < 1.29 is 9.53 Å². The van der Waals surface area contributed by atoms with Gasteiger partial charge in [0.15, 0.2) is 0 Å². The van der Waals surface area contributed by atoms with Gasteiger partial charge in [-0.1, -0.05) is 30.3 Å². The molecule has 2 fully saturated rings. The summed E-state index contributed by atoms with van der Waals surface area (Å²) in [7, 11) is 0. The average molecular weight is 245 g/mol. The lowest BCUT2D eigenvalue weighted by Crippen LogP contribution is -2.45. The summed E-state index contributed by atoms with van der Waals surface area (Å²) in [6.45, 7) is 1.59. The highest BCUT2D eigenvalue weighted by atomic mass is 16.5. The maximum Gasteiger partial charge on any atom is 0.223 e. The predicted molar refractivity (Wildman–Crippen MR) is 69.2 cm³/mol.